The van der Waals surface area contributed by atoms with Crippen LogP contribution in [-0.4, -0.2) is 43.8 Å². The lowest BCUT2D eigenvalue weighted by atomic mass is 9.99. The van der Waals surface area contributed by atoms with Crippen LogP contribution in [0.25, 0.3) is 10.8 Å². The molecule has 4 aromatic rings. The summed E-state index contributed by atoms with van der Waals surface area (Å²) in [6.07, 6.45) is 2.12. The fraction of sp³-hybridized carbons (Fsp3) is 0.219. The van der Waals surface area contributed by atoms with Gasteiger partial charge in [0.15, 0.2) is 0 Å². The number of fused-ring (bicyclic) bond motifs is 2. The Balaban J connectivity index is 0.00000423. The molecule has 1 unspecified atom stereocenters. The average Bonchev–Trinajstić information content (AvgIpc) is 2.99. The Kier molecular flexibility index (Phi) is 9.42. The van der Waals surface area contributed by atoms with Crippen LogP contribution < -0.4 is 14.9 Å². The number of benzene rings is 4. The Morgan fingerprint density at radius 3 is 2.42 bits per heavy atom. The molecule has 4 aromatic carbocycles. The summed E-state index contributed by atoms with van der Waals surface area (Å²) < 4.78 is 29.1. The lowest BCUT2D eigenvalue weighted by Gasteiger charge is -2.33. The zero-order chi connectivity index (χ0) is 30.0. The number of carboxylic acids is 1. The highest BCUT2D eigenvalue weighted by Crippen LogP contribution is 2.36. The zero-order valence-corrected chi connectivity index (χ0v) is 25.2. The van der Waals surface area contributed by atoms with E-state index in [-0.39, 0.29) is 41.2 Å². The van der Waals surface area contributed by atoms with Gasteiger partial charge < -0.3 is 15.7 Å². The number of nitrogens with two attached hydrogens (primary N) is 1. The number of rotatable bonds is 9. The molecule has 4 N–H and O–H groups in total. The van der Waals surface area contributed by atoms with Crippen LogP contribution in [0.3, 0.4) is 0 Å². The average molecular weight is 621 g/mol. The molecule has 1 aliphatic rings. The highest BCUT2D eigenvalue weighted by molar-refractivity contribution is 7.93. The van der Waals surface area contributed by atoms with Gasteiger partial charge in [-0.05, 0) is 67.0 Å². The molecule has 1 aliphatic heterocycles. The second-order valence-electron chi connectivity index (χ2n) is 10.4. The van der Waals surface area contributed by atoms with Gasteiger partial charge in [-0.3, -0.25) is 14.5 Å². The van der Waals surface area contributed by atoms with E-state index in [1.165, 1.54) is 13.0 Å². The molecule has 1 atom stereocenters. The van der Waals surface area contributed by atoms with E-state index in [0.29, 0.717) is 42.4 Å². The van der Waals surface area contributed by atoms with Crippen LogP contribution >= 0.6 is 12.4 Å². The molecular formula is C32H33ClN4O5S. The molecule has 9 nitrogen and oxygen atoms in total. The largest absolute Gasteiger partial charge is 0.480 e. The smallest absolute Gasteiger partial charge is 0.327 e. The van der Waals surface area contributed by atoms with Crippen molar-refractivity contribution in [3.8, 4) is 0 Å². The van der Waals surface area contributed by atoms with Crippen molar-refractivity contribution in [3.05, 3.63) is 102 Å². The molecule has 0 spiro atoms. The Bertz CT molecular complexity index is 1790. The first-order valence-corrected chi connectivity index (χ1v) is 15.1. The van der Waals surface area contributed by atoms with E-state index in [9.17, 15) is 23.1 Å². The number of sulfonamides is 1. The van der Waals surface area contributed by atoms with E-state index in [1.807, 2.05) is 30.3 Å². The van der Waals surface area contributed by atoms with Crippen molar-refractivity contribution in [2.45, 2.75) is 43.5 Å². The molecule has 5 rings (SSSR count). The number of amides is 1. The predicted octanol–water partition coefficient (Wildman–Crippen LogP) is 5.13. The summed E-state index contributed by atoms with van der Waals surface area (Å²) in [6, 6.07) is 22.9. The summed E-state index contributed by atoms with van der Waals surface area (Å²) in [4.78, 5) is 27.2. The number of nitrogen functional groups attached to an aromatic ring is 1. The lowest BCUT2D eigenvalue weighted by Crippen LogP contribution is -2.43. The predicted molar refractivity (Wildman–Crippen MR) is 171 cm³/mol. The molecular weight excluding hydrogens is 588 g/mol. The number of hydrogen-bond donors (Lipinski definition) is 3. The number of carbonyl (C=O) groups is 2. The van der Waals surface area contributed by atoms with Gasteiger partial charge in [-0.25, -0.2) is 13.2 Å². The number of halogens is 1. The fourth-order valence-corrected chi connectivity index (χ4v) is 7.24. The van der Waals surface area contributed by atoms with E-state index >= 15 is 0 Å². The van der Waals surface area contributed by atoms with Gasteiger partial charge in [0, 0.05) is 29.6 Å². The molecule has 1 heterocycles. The lowest BCUT2D eigenvalue weighted by molar-refractivity contribution is -0.137. The van der Waals surface area contributed by atoms with Crippen molar-refractivity contribution in [2.75, 3.05) is 15.7 Å². The van der Waals surface area contributed by atoms with Gasteiger partial charge in [-0.1, -0.05) is 60.7 Å². The minimum Gasteiger partial charge on any atom is -0.480 e. The quantitative estimate of drug-likeness (QED) is 0.175. The fourth-order valence-electron chi connectivity index (χ4n) is 5.41. The van der Waals surface area contributed by atoms with Crippen LogP contribution in [0.2, 0.25) is 0 Å². The molecule has 0 aromatic heterocycles. The topological polar surface area (TPSA) is 145 Å². The number of carbonyl (C=O) groups excluding carboxylic acids is 1. The number of carboxylic acid groups (broad SMARTS) is 1. The minimum absolute atomic E-state index is 0. The third-order valence-corrected chi connectivity index (χ3v) is 9.58. The Morgan fingerprint density at radius 2 is 1.72 bits per heavy atom. The highest BCUT2D eigenvalue weighted by Gasteiger charge is 2.35. The van der Waals surface area contributed by atoms with Crippen LogP contribution in [-0.2, 0) is 32.5 Å². The van der Waals surface area contributed by atoms with Crippen molar-refractivity contribution in [1.82, 2.24) is 0 Å². The maximum absolute atomic E-state index is 14.1. The molecule has 1 amide bonds. The molecule has 224 valence electrons. The van der Waals surface area contributed by atoms with E-state index in [4.69, 9.17) is 11.1 Å². The van der Waals surface area contributed by atoms with Crippen LogP contribution in [0.1, 0.15) is 36.5 Å². The van der Waals surface area contributed by atoms with Gasteiger partial charge in [-0.15, -0.1) is 12.4 Å². The summed E-state index contributed by atoms with van der Waals surface area (Å²) in [7, 11) is -4.28. The SMILES string of the molecule is CC(C(=O)O)N(c1ccc2c(c1)CCCN2C(=O)CCc1ccc(C(=N)N)cc1)S(=O)(=O)c1cccc2ccccc12.Cl. The number of amidine groups is 1. The first kappa shape index (κ1) is 31.5. The highest BCUT2D eigenvalue weighted by atomic mass is 35.5. The van der Waals surface area contributed by atoms with Crippen molar-refractivity contribution in [2.24, 2.45) is 5.73 Å². The molecule has 11 heteroatoms. The van der Waals surface area contributed by atoms with E-state index in [2.05, 4.69) is 0 Å². The molecule has 0 bridgehead atoms. The third kappa shape index (κ3) is 6.35. The summed E-state index contributed by atoms with van der Waals surface area (Å²) in [5.41, 5.74) is 8.82. The van der Waals surface area contributed by atoms with E-state index in [1.54, 1.807) is 53.4 Å². The van der Waals surface area contributed by atoms with Gasteiger partial charge in [-0.2, -0.15) is 0 Å². The second-order valence-corrected chi connectivity index (χ2v) is 12.1. The van der Waals surface area contributed by atoms with Gasteiger partial charge in [0.2, 0.25) is 5.91 Å². The van der Waals surface area contributed by atoms with E-state index in [0.717, 1.165) is 20.8 Å². The first-order chi connectivity index (χ1) is 20.1. The van der Waals surface area contributed by atoms with Crippen LogP contribution in [0, 0.1) is 5.41 Å². The minimum atomic E-state index is -4.28. The summed E-state index contributed by atoms with van der Waals surface area (Å²) >= 11 is 0. The molecule has 0 aliphatic carbocycles. The number of nitrogens with one attached hydrogen (secondary N) is 1. The standard InChI is InChI=1S/C32H32N4O5S.ClH/c1-21(32(38)39)36(42(40,41)29-10-4-7-23-6-2-3-9-27(23)29)26-16-17-28-25(20-26)8-5-19-35(28)30(37)18-13-22-11-14-24(15-12-22)31(33)34;/h2-4,6-7,9-12,14-17,20-21H,5,8,13,18-19H2,1H3,(H3,33,34)(H,38,39);1H. The van der Waals surface area contributed by atoms with Gasteiger partial charge in [0.25, 0.3) is 10.0 Å². The maximum Gasteiger partial charge on any atom is 0.327 e. The normalized spacial score (nSPS) is 13.5. The number of hydrogen-bond acceptors (Lipinski definition) is 5. The Labute approximate surface area is 256 Å². The maximum atomic E-state index is 14.1. The number of anilines is 2. The molecule has 0 saturated heterocycles. The van der Waals surface area contributed by atoms with Gasteiger partial charge in [0.05, 0.1) is 10.6 Å². The van der Waals surface area contributed by atoms with Crippen LogP contribution in [0.15, 0.2) is 89.8 Å². The zero-order valence-electron chi connectivity index (χ0n) is 23.6. The van der Waals surface area contributed by atoms with Crippen molar-refractivity contribution in [3.63, 3.8) is 0 Å². The number of nitrogens with zero attached hydrogens (tertiary/aromatic N) is 2. The van der Waals surface area contributed by atoms with Crippen LogP contribution in [0.5, 0.6) is 0 Å². The second kappa shape index (κ2) is 12.8. The molecule has 0 saturated carbocycles. The van der Waals surface area contributed by atoms with Gasteiger partial charge >= 0.3 is 5.97 Å². The van der Waals surface area contributed by atoms with Crippen molar-refractivity contribution >= 4 is 62.3 Å². The number of aryl methyl sites for hydroxylation is 2. The molecule has 43 heavy (non-hydrogen) atoms. The summed E-state index contributed by atoms with van der Waals surface area (Å²) in [6.45, 7) is 1.89. The summed E-state index contributed by atoms with van der Waals surface area (Å²) in [5.74, 6) is -1.34. The van der Waals surface area contributed by atoms with Crippen molar-refractivity contribution < 1.29 is 23.1 Å². The molecule has 0 radical (unpaired) electrons. The summed E-state index contributed by atoms with van der Waals surface area (Å²) in [5, 5.41) is 18.7. The first-order valence-electron chi connectivity index (χ1n) is 13.7. The monoisotopic (exact) mass is 620 g/mol. The van der Waals surface area contributed by atoms with Gasteiger partial charge in [0.1, 0.15) is 11.9 Å². The number of aliphatic carboxylic acids is 1. The Morgan fingerprint density at radius 1 is 1.02 bits per heavy atom. The molecule has 0 fully saturated rings. The third-order valence-electron chi connectivity index (χ3n) is 7.63. The van der Waals surface area contributed by atoms with Crippen LogP contribution in [0.4, 0.5) is 11.4 Å². The van der Waals surface area contributed by atoms with Crippen molar-refractivity contribution in [1.29, 1.82) is 5.41 Å². The van der Waals surface area contributed by atoms with E-state index < -0.39 is 22.0 Å². The Hall–Kier alpha value is -4.41.